The molecule has 0 saturated heterocycles. The van der Waals surface area contributed by atoms with E-state index in [1.807, 2.05) is 48.5 Å². The molecule has 0 aromatic heterocycles. The molecular formula is C18H16N2O2. The minimum atomic E-state index is 0.408. The quantitative estimate of drug-likeness (QED) is 0.734. The van der Waals surface area contributed by atoms with Gasteiger partial charge in [-0.05, 0) is 35.4 Å². The van der Waals surface area contributed by atoms with Crippen LogP contribution in [0.1, 0.15) is 11.1 Å². The van der Waals surface area contributed by atoms with Crippen molar-refractivity contribution in [2.45, 2.75) is 12.8 Å². The third kappa shape index (κ3) is 4.85. The normalized spacial score (nSPS) is 9.55. The maximum absolute atomic E-state index is 8.60. The van der Waals surface area contributed by atoms with Gasteiger partial charge in [-0.15, -0.1) is 0 Å². The summed E-state index contributed by atoms with van der Waals surface area (Å²) in [6, 6.07) is 19.1. The summed E-state index contributed by atoms with van der Waals surface area (Å²) in [5, 5.41) is 17.2. The summed E-state index contributed by atoms with van der Waals surface area (Å²) in [6.07, 6.45) is 0.816. The van der Waals surface area contributed by atoms with Gasteiger partial charge in [-0.3, -0.25) is 0 Å². The largest absolute Gasteiger partial charge is 0.490 e. The Hall–Kier alpha value is -2.98. The fourth-order valence-corrected chi connectivity index (χ4v) is 1.91. The zero-order valence-electron chi connectivity index (χ0n) is 12.2. The van der Waals surface area contributed by atoms with E-state index in [0.717, 1.165) is 22.6 Å². The van der Waals surface area contributed by atoms with Crippen LogP contribution < -0.4 is 9.47 Å². The average Bonchev–Trinajstić information content (AvgIpc) is 2.55. The first-order valence-electron chi connectivity index (χ1n) is 6.99. The van der Waals surface area contributed by atoms with Gasteiger partial charge in [0, 0.05) is 0 Å². The fraction of sp³-hybridized carbons (Fsp3) is 0.222. The lowest BCUT2D eigenvalue weighted by Crippen LogP contribution is -2.09. The molecule has 0 spiro atoms. The zero-order valence-corrected chi connectivity index (χ0v) is 12.2. The molecule has 0 aliphatic carbocycles. The van der Waals surface area contributed by atoms with Crippen LogP contribution in [0.2, 0.25) is 0 Å². The maximum Gasteiger partial charge on any atom is 0.122 e. The summed E-state index contributed by atoms with van der Waals surface area (Å²) in [4.78, 5) is 0. The third-order valence-corrected chi connectivity index (χ3v) is 3.03. The van der Waals surface area contributed by atoms with E-state index in [1.54, 1.807) is 0 Å². The fourth-order valence-electron chi connectivity index (χ4n) is 1.91. The van der Waals surface area contributed by atoms with Crippen LogP contribution in [0, 0.1) is 22.7 Å². The zero-order chi connectivity index (χ0) is 15.6. The Morgan fingerprint density at radius 3 is 1.32 bits per heavy atom. The summed E-state index contributed by atoms with van der Waals surface area (Å²) in [6.45, 7) is 0.884. The van der Waals surface area contributed by atoms with E-state index in [1.165, 1.54) is 0 Å². The van der Waals surface area contributed by atoms with E-state index in [4.69, 9.17) is 20.0 Å². The van der Waals surface area contributed by atoms with Gasteiger partial charge in [0.05, 0.1) is 25.0 Å². The smallest absolute Gasteiger partial charge is 0.122 e. The first-order chi connectivity index (χ1) is 10.8. The highest BCUT2D eigenvalue weighted by atomic mass is 16.5. The van der Waals surface area contributed by atoms with E-state index in [0.29, 0.717) is 26.1 Å². The first kappa shape index (κ1) is 15.4. The van der Waals surface area contributed by atoms with Crippen molar-refractivity contribution in [3.63, 3.8) is 0 Å². The molecule has 2 rings (SSSR count). The number of nitriles is 2. The number of ether oxygens (including phenoxy) is 2. The summed E-state index contributed by atoms with van der Waals surface area (Å²) >= 11 is 0. The van der Waals surface area contributed by atoms with Gasteiger partial charge < -0.3 is 9.47 Å². The van der Waals surface area contributed by atoms with Gasteiger partial charge in [0.2, 0.25) is 0 Å². The molecule has 2 aromatic rings. The molecule has 0 aliphatic heterocycles. The van der Waals surface area contributed by atoms with Crippen LogP contribution in [-0.2, 0) is 12.8 Å². The van der Waals surface area contributed by atoms with Gasteiger partial charge in [-0.2, -0.15) is 10.5 Å². The second kappa shape index (κ2) is 8.34. The number of hydrogen-bond donors (Lipinski definition) is 0. The summed E-state index contributed by atoms with van der Waals surface area (Å²) < 4.78 is 11.1. The molecular weight excluding hydrogens is 276 g/mol. The topological polar surface area (TPSA) is 66.0 Å². The minimum absolute atomic E-state index is 0.408. The molecule has 0 amide bonds. The van der Waals surface area contributed by atoms with Crippen LogP contribution in [0.5, 0.6) is 11.5 Å². The highest BCUT2D eigenvalue weighted by Gasteiger charge is 1.98. The van der Waals surface area contributed by atoms with E-state index in [-0.39, 0.29) is 0 Å². The van der Waals surface area contributed by atoms with Crippen molar-refractivity contribution in [2.75, 3.05) is 13.2 Å². The molecule has 0 unspecified atom stereocenters. The van der Waals surface area contributed by atoms with Crippen molar-refractivity contribution in [3.8, 4) is 23.6 Å². The molecule has 0 atom stereocenters. The molecule has 4 nitrogen and oxygen atoms in total. The van der Waals surface area contributed by atoms with E-state index >= 15 is 0 Å². The van der Waals surface area contributed by atoms with Gasteiger partial charge in [-0.25, -0.2) is 0 Å². The van der Waals surface area contributed by atoms with Gasteiger partial charge >= 0.3 is 0 Å². The van der Waals surface area contributed by atoms with Crippen LogP contribution >= 0.6 is 0 Å². The van der Waals surface area contributed by atoms with E-state index in [2.05, 4.69) is 12.1 Å². The van der Waals surface area contributed by atoms with Crippen molar-refractivity contribution in [1.29, 1.82) is 10.5 Å². The Kier molecular flexibility index (Phi) is 5.84. The monoisotopic (exact) mass is 292 g/mol. The Bertz CT molecular complexity index is 603. The molecule has 0 N–H and O–H groups in total. The van der Waals surface area contributed by atoms with Crippen LogP contribution in [0.3, 0.4) is 0 Å². The van der Waals surface area contributed by atoms with Crippen LogP contribution in [0.4, 0.5) is 0 Å². The highest BCUT2D eigenvalue weighted by Crippen LogP contribution is 2.14. The van der Waals surface area contributed by atoms with Crippen molar-refractivity contribution < 1.29 is 9.47 Å². The number of hydrogen-bond acceptors (Lipinski definition) is 4. The van der Waals surface area contributed by atoms with Crippen molar-refractivity contribution >= 4 is 0 Å². The van der Waals surface area contributed by atoms with Crippen LogP contribution in [0.25, 0.3) is 0 Å². The molecule has 22 heavy (non-hydrogen) atoms. The van der Waals surface area contributed by atoms with Gasteiger partial charge in [-0.1, -0.05) is 24.3 Å². The molecule has 0 saturated carbocycles. The molecule has 0 bridgehead atoms. The minimum Gasteiger partial charge on any atom is -0.490 e. The highest BCUT2D eigenvalue weighted by molar-refractivity contribution is 5.29. The number of benzene rings is 2. The standard InChI is InChI=1S/C18H16N2O2/c19-11-9-15-1-5-17(6-2-15)21-13-14-22-18-7-3-16(4-8-18)10-12-20/h1-8H,9-10,13-14H2. The van der Waals surface area contributed by atoms with Crippen LogP contribution in [-0.4, -0.2) is 13.2 Å². The summed E-state index contributed by atoms with van der Waals surface area (Å²) in [7, 11) is 0. The molecule has 4 heteroatoms. The number of rotatable bonds is 7. The van der Waals surface area contributed by atoms with Crippen LogP contribution in [0.15, 0.2) is 48.5 Å². The molecule has 0 aliphatic rings. The maximum atomic E-state index is 8.60. The lowest BCUT2D eigenvalue weighted by Gasteiger charge is -2.09. The lowest BCUT2D eigenvalue weighted by molar-refractivity contribution is 0.217. The van der Waals surface area contributed by atoms with Gasteiger partial charge in [0.1, 0.15) is 24.7 Å². The molecule has 110 valence electrons. The van der Waals surface area contributed by atoms with Crippen molar-refractivity contribution in [2.24, 2.45) is 0 Å². The second-order valence-corrected chi connectivity index (χ2v) is 4.65. The van der Waals surface area contributed by atoms with E-state index in [9.17, 15) is 0 Å². The molecule has 0 radical (unpaired) electrons. The molecule has 0 fully saturated rings. The Morgan fingerprint density at radius 2 is 1.00 bits per heavy atom. The second-order valence-electron chi connectivity index (χ2n) is 4.65. The predicted octanol–water partition coefficient (Wildman–Crippen LogP) is 3.28. The van der Waals surface area contributed by atoms with Gasteiger partial charge in [0.25, 0.3) is 0 Å². The number of nitrogens with zero attached hydrogens (tertiary/aromatic N) is 2. The molecule has 2 aromatic carbocycles. The Balaban J connectivity index is 1.72. The third-order valence-electron chi connectivity index (χ3n) is 3.03. The first-order valence-corrected chi connectivity index (χ1v) is 6.99. The van der Waals surface area contributed by atoms with Crippen molar-refractivity contribution in [1.82, 2.24) is 0 Å². The molecule has 0 heterocycles. The summed E-state index contributed by atoms with van der Waals surface area (Å²) in [5.41, 5.74) is 1.95. The lowest BCUT2D eigenvalue weighted by atomic mass is 10.2. The predicted molar refractivity (Wildman–Crippen MR) is 82.5 cm³/mol. The summed E-state index contributed by atoms with van der Waals surface area (Å²) in [5.74, 6) is 1.52. The average molecular weight is 292 g/mol. The SMILES string of the molecule is N#CCc1ccc(OCCOc2ccc(CC#N)cc2)cc1. The Labute approximate surface area is 130 Å². The Morgan fingerprint density at radius 1 is 0.636 bits per heavy atom. The van der Waals surface area contributed by atoms with E-state index < -0.39 is 0 Å². The van der Waals surface area contributed by atoms with Crippen molar-refractivity contribution in [3.05, 3.63) is 59.7 Å². The van der Waals surface area contributed by atoms with Gasteiger partial charge in [0.15, 0.2) is 0 Å².